The molecule has 0 radical (unpaired) electrons. The van der Waals surface area contributed by atoms with Gasteiger partial charge in [0.25, 0.3) is 5.91 Å². The van der Waals surface area contributed by atoms with E-state index in [2.05, 4.69) is 17.4 Å². The predicted molar refractivity (Wildman–Crippen MR) is 140 cm³/mol. The van der Waals surface area contributed by atoms with E-state index in [1.807, 2.05) is 55.1 Å². The van der Waals surface area contributed by atoms with Gasteiger partial charge in [-0.15, -0.1) is 12.4 Å². The Bertz CT molecular complexity index is 1070. The van der Waals surface area contributed by atoms with Crippen LogP contribution in [-0.2, 0) is 11.2 Å². The maximum atomic E-state index is 13.1. The molecule has 7 heteroatoms. The second-order valence-corrected chi connectivity index (χ2v) is 8.52. The number of nitrogens with zero attached hydrogens (tertiary/aromatic N) is 1. The van der Waals surface area contributed by atoms with Crippen molar-refractivity contribution in [1.29, 1.82) is 0 Å². The Kier molecular flexibility index (Phi) is 9.22. The maximum Gasteiger partial charge on any atom is 0.270 e. The molecule has 0 spiro atoms. The van der Waals surface area contributed by atoms with Crippen molar-refractivity contribution < 1.29 is 14.3 Å². The summed E-state index contributed by atoms with van der Waals surface area (Å²) in [6, 6.07) is 23.1. The Morgan fingerprint density at radius 3 is 2.32 bits per heavy atom. The van der Waals surface area contributed by atoms with Gasteiger partial charge >= 0.3 is 0 Å². The average Bonchev–Trinajstić information content (AvgIpc) is 2.83. The summed E-state index contributed by atoms with van der Waals surface area (Å²) in [5.74, 6) is 1.50. The number of amides is 1. The summed E-state index contributed by atoms with van der Waals surface area (Å²) >= 11 is 5.99. The lowest BCUT2D eigenvalue weighted by Gasteiger charge is -2.47. The van der Waals surface area contributed by atoms with Gasteiger partial charge in [-0.05, 0) is 80.4 Å². The fourth-order valence-corrected chi connectivity index (χ4v) is 4.16. The molecule has 5 nitrogen and oxygen atoms in total. The molecule has 0 aliphatic carbocycles. The van der Waals surface area contributed by atoms with Gasteiger partial charge in [-0.2, -0.15) is 0 Å². The van der Waals surface area contributed by atoms with Crippen molar-refractivity contribution in [3.8, 4) is 11.5 Å². The zero-order valence-electron chi connectivity index (χ0n) is 19.4. The second kappa shape index (κ2) is 12.1. The Balaban J connectivity index is 0.00000324. The topological polar surface area (TPSA) is 50.8 Å². The molecule has 3 aromatic rings. The van der Waals surface area contributed by atoms with Crippen LogP contribution < -0.4 is 19.7 Å². The van der Waals surface area contributed by atoms with E-state index in [1.165, 1.54) is 5.56 Å². The van der Waals surface area contributed by atoms with Gasteiger partial charge in [0, 0.05) is 17.3 Å². The quantitative estimate of drug-likeness (QED) is 0.296. The van der Waals surface area contributed by atoms with Crippen LogP contribution in [0, 0.1) is 6.92 Å². The first-order valence-corrected chi connectivity index (χ1v) is 11.7. The number of rotatable bonds is 10. The molecule has 0 aromatic heterocycles. The van der Waals surface area contributed by atoms with Crippen LogP contribution >= 0.6 is 24.0 Å². The lowest BCUT2D eigenvalue weighted by molar-refractivity contribution is -0.134. The van der Waals surface area contributed by atoms with Crippen LogP contribution in [0.3, 0.4) is 0 Å². The van der Waals surface area contributed by atoms with E-state index < -0.39 is 6.10 Å². The molecule has 2 unspecified atom stereocenters. The van der Waals surface area contributed by atoms with Gasteiger partial charge in [-0.3, -0.25) is 4.79 Å². The monoisotopic (exact) mass is 500 g/mol. The van der Waals surface area contributed by atoms with Crippen LogP contribution in [0.25, 0.3) is 0 Å². The minimum atomic E-state index is -0.538. The number of anilines is 1. The van der Waals surface area contributed by atoms with Gasteiger partial charge in [-0.1, -0.05) is 41.9 Å². The van der Waals surface area contributed by atoms with Crippen molar-refractivity contribution in [2.75, 3.05) is 24.6 Å². The molecule has 1 heterocycles. The normalized spacial score (nSPS) is 17.0. The highest BCUT2D eigenvalue weighted by molar-refractivity contribution is 6.30. The molecule has 34 heavy (non-hydrogen) atoms. The number of ether oxygens (including phenoxy) is 2. The van der Waals surface area contributed by atoms with Crippen molar-refractivity contribution in [3.05, 3.63) is 88.9 Å². The highest BCUT2D eigenvalue weighted by atomic mass is 35.5. The number of carbonyl (C=O) groups excluding carboxylic acids is 1. The van der Waals surface area contributed by atoms with E-state index in [0.29, 0.717) is 23.9 Å². The summed E-state index contributed by atoms with van der Waals surface area (Å²) in [5, 5.41) is 4.15. The van der Waals surface area contributed by atoms with E-state index in [0.717, 1.165) is 30.0 Å². The molecule has 2 atom stereocenters. The number of para-hydroxylation sites is 1. The van der Waals surface area contributed by atoms with Gasteiger partial charge in [-0.25, -0.2) is 0 Å². The number of benzene rings is 3. The predicted octanol–water partition coefficient (Wildman–Crippen LogP) is 5.46. The summed E-state index contributed by atoms with van der Waals surface area (Å²) in [5.41, 5.74) is 3.23. The molecule has 1 aliphatic heterocycles. The first-order chi connectivity index (χ1) is 16.1. The third-order valence-electron chi connectivity index (χ3n) is 5.79. The molecule has 180 valence electrons. The highest BCUT2D eigenvalue weighted by Gasteiger charge is 2.50. The third-order valence-corrected chi connectivity index (χ3v) is 6.04. The smallest absolute Gasteiger partial charge is 0.270 e. The van der Waals surface area contributed by atoms with Crippen LogP contribution in [-0.4, -0.2) is 37.7 Å². The molecular formula is C27H30Cl2N2O3. The summed E-state index contributed by atoms with van der Waals surface area (Å²) in [6.07, 6.45) is 0.351. The molecule has 4 rings (SSSR count). The SMILES string of the molecule is CCOc1ccc(CCNCC2C(Oc3ccc(Cl)cc3)C(=O)N2c2ccccc2C)cc1.Cl. The molecule has 1 saturated heterocycles. The van der Waals surface area contributed by atoms with Crippen molar-refractivity contribution in [2.24, 2.45) is 0 Å². The summed E-state index contributed by atoms with van der Waals surface area (Å²) in [4.78, 5) is 14.9. The van der Waals surface area contributed by atoms with E-state index >= 15 is 0 Å². The van der Waals surface area contributed by atoms with Crippen molar-refractivity contribution in [1.82, 2.24) is 5.32 Å². The van der Waals surface area contributed by atoms with Crippen molar-refractivity contribution in [3.63, 3.8) is 0 Å². The van der Waals surface area contributed by atoms with Crippen molar-refractivity contribution >= 4 is 35.6 Å². The number of nitrogens with one attached hydrogen (secondary N) is 1. The Morgan fingerprint density at radius 1 is 0.971 bits per heavy atom. The van der Waals surface area contributed by atoms with Gasteiger partial charge in [0.1, 0.15) is 11.5 Å². The lowest BCUT2D eigenvalue weighted by Crippen LogP contribution is -2.70. The number of halogens is 2. The third kappa shape index (κ3) is 6.03. The highest BCUT2D eigenvalue weighted by Crippen LogP contribution is 2.33. The summed E-state index contributed by atoms with van der Waals surface area (Å²) in [6.45, 7) is 6.10. The Hall–Kier alpha value is -2.73. The first-order valence-electron chi connectivity index (χ1n) is 11.3. The first kappa shape index (κ1) is 25.9. The molecule has 1 N–H and O–H groups in total. The molecule has 1 amide bonds. The fraction of sp³-hybridized carbons (Fsp3) is 0.296. The van der Waals surface area contributed by atoms with Crippen LogP contribution in [0.15, 0.2) is 72.8 Å². The summed E-state index contributed by atoms with van der Waals surface area (Å²) in [7, 11) is 0. The lowest BCUT2D eigenvalue weighted by atomic mass is 9.95. The second-order valence-electron chi connectivity index (χ2n) is 8.09. The molecular weight excluding hydrogens is 471 g/mol. The molecule has 1 fully saturated rings. The Labute approximate surface area is 212 Å². The number of hydrogen-bond acceptors (Lipinski definition) is 4. The van der Waals surface area contributed by atoms with Gasteiger partial charge in [0.15, 0.2) is 6.10 Å². The van der Waals surface area contributed by atoms with Gasteiger partial charge in [0.05, 0.1) is 12.6 Å². The number of carbonyl (C=O) groups is 1. The van der Waals surface area contributed by atoms with Crippen LogP contribution in [0.4, 0.5) is 5.69 Å². The van der Waals surface area contributed by atoms with E-state index in [4.69, 9.17) is 21.1 Å². The number of hydrogen-bond donors (Lipinski definition) is 1. The zero-order chi connectivity index (χ0) is 23.2. The molecule has 0 saturated carbocycles. The standard InChI is InChI=1S/C27H29ClN2O3.ClH/c1-3-32-22-12-8-20(9-13-22)16-17-29-18-25-26(33-23-14-10-21(28)11-15-23)27(31)30(25)24-7-5-4-6-19(24)2;/h4-15,25-26,29H,3,16-18H2,1-2H3;1H. The van der Waals surface area contributed by atoms with Crippen LogP contribution in [0.1, 0.15) is 18.1 Å². The maximum absolute atomic E-state index is 13.1. The average molecular weight is 501 g/mol. The number of aryl methyl sites for hydroxylation is 1. The van der Waals surface area contributed by atoms with Crippen LogP contribution in [0.2, 0.25) is 5.02 Å². The van der Waals surface area contributed by atoms with Gasteiger partial charge in [0.2, 0.25) is 0 Å². The largest absolute Gasteiger partial charge is 0.494 e. The fourth-order valence-electron chi connectivity index (χ4n) is 4.04. The molecule has 3 aromatic carbocycles. The minimum Gasteiger partial charge on any atom is -0.494 e. The molecule has 0 bridgehead atoms. The van der Waals surface area contributed by atoms with E-state index in [9.17, 15) is 4.79 Å². The Morgan fingerprint density at radius 2 is 1.65 bits per heavy atom. The van der Waals surface area contributed by atoms with Crippen LogP contribution in [0.5, 0.6) is 11.5 Å². The zero-order valence-corrected chi connectivity index (χ0v) is 20.9. The van der Waals surface area contributed by atoms with Crippen molar-refractivity contribution in [2.45, 2.75) is 32.4 Å². The van der Waals surface area contributed by atoms with Gasteiger partial charge < -0.3 is 19.7 Å². The molecule has 1 aliphatic rings. The number of β-lactam (4-membered cyclic amide) rings is 1. The van der Waals surface area contributed by atoms with E-state index in [-0.39, 0.29) is 24.4 Å². The summed E-state index contributed by atoms with van der Waals surface area (Å²) < 4.78 is 11.6. The van der Waals surface area contributed by atoms with E-state index in [1.54, 1.807) is 24.3 Å². The minimum absolute atomic E-state index is 0.